The highest BCUT2D eigenvalue weighted by Gasteiger charge is 2.16. The third kappa shape index (κ3) is 4.71. The number of anilines is 1. The predicted octanol–water partition coefficient (Wildman–Crippen LogP) is 0.714. The van der Waals surface area contributed by atoms with Crippen molar-refractivity contribution in [2.24, 2.45) is 0 Å². The molecule has 0 saturated heterocycles. The third-order valence-corrected chi connectivity index (χ3v) is 4.05. The quantitative estimate of drug-likeness (QED) is 0.675. The maximum absolute atomic E-state index is 12.2. The molecule has 0 aromatic heterocycles. The van der Waals surface area contributed by atoms with Crippen molar-refractivity contribution in [3.8, 4) is 0 Å². The minimum Gasteiger partial charge on any atom is -0.384 e. The van der Waals surface area contributed by atoms with Crippen molar-refractivity contribution in [1.29, 1.82) is 0 Å². The normalized spacial score (nSPS) is 14.1. The second-order valence-electron chi connectivity index (χ2n) is 5.15. The molecule has 1 heterocycles. The summed E-state index contributed by atoms with van der Waals surface area (Å²) in [6.45, 7) is 1.64. The number of hydrogen-bond donors (Lipinski definition) is 3. The van der Waals surface area contributed by atoms with Crippen LogP contribution in [0.1, 0.15) is 28.8 Å². The Labute approximate surface area is 125 Å². The number of para-hydroxylation sites is 1. The second-order valence-corrected chi connectivity index (χ2v) is 6.98. The zero-order chi connectivity index (χ0) is 15.3. The molecule has 0 fully saturated rings. The van der Waals surface area contributed by atoms with E-state index in [0.29, 0.717) is 25.1 Å². The number of sulfonamides is 1. The number of amides is 1. The topological polar surface area (TPSA) is 87.3 Å². The van der Waals surface area contributed by atoms with Crippen LogP contribution in [0.5, 0.6) is 0 Å². The fourth-order valence-corrected chi connectivity index (χ4v) is 2.86. The third-order valence-electron chi connectivity index (χ3n) is 3.32. The van der Waals surface area contributed by atoms with Gasteiger partial charge in [-0.05, 0) is 30.9 Å². The molecular weight excluding hydrogens is 290 g/mol. The Bertz CT molecular complexity index is 614. The van der Waals surface area contributed by atoms with Crippen LogP contribution >= 0.6 is 0 Å². The van der Waals surface area contributed by atoms with Crippen LogP contribution in [-0.2, 0) is 16.4 Å². The van der Waals surface area contributed by atoms with E-state index in [2.05, 4.69) is 15.4 Å². The van der Waals surface area contributed by atoms with Crippen LogP contribution in [0.15, 0.2) is 18.2 Å². The summed E-state index contributed by atoms with van der Waals surface area (Å²) in [7, 11) is -3.16. The van der Waals surface area contributed by atoms with Gasteiger partial charge in [0.2, 0.25) is 10.0 Å². The van der Waals surface area contributed by atoms with Gasteiger partial charge in [0.25, 0.3) is 5.91 Å². The first-order valence-electron chi connectivity index (χ1n) is 7.06. The SMILES string of the molecule is CS(=O)(=O)NCCCNC(=O)c1cccc2c1NCCC2. The van der Waals surface area contributed by atoms with Gasteiger partial charge in [-0.15, -0.1) is 0 Å². The molecule has 1 aromatic carbocycles. The maximum Gasteiger partial charge on any atom is 0.253 e. The molecule has 6 nitrogen and oxygen atoms in total. The smallest absolute Gasteiger partial charge is 0.253 e. The number of hydrogen-bond acceptors (Lipinski definition) is 4. The molecule has 0 aliphatic carbocycles. The molecule has 21 heavy (non-hydrogen) atoms. The Balaban J connectivity index is 1.87. The summed E-state index contributed by atoms with van der Waals surface area (Å²) in [5.74, 6) is -0.124. The lowest BCUT2D eigenvalue weighted by Gasteiger charge is -2.20. The molecule has 0 spiro atoms. The number of aryl methyl sites for hydroxylation is 1. The van der Waals surface area contributed by atoms with Crippen molar-refractivity contribution in [3.05, 3.63) is 29.3 Å². The summed E-state index contributed by atoms with van der Waals surface area (Å²) < 4.78 is 24.2. The molecule has 116 valence electrons. The molecule has 0 radical (unpaired) electrons. The van der Waals surface area contributed by atoms with Crippen LogP contribution in [0, 0.1) is 0 Å². The summed E-state index contributed by atoms with van der Waals surface area (Å²) in [4.78, 5) is 12.2. The predicted molar refractivity (Wildman–Crippen MR) is 83.0 cm³/mol. The largest absolute Gasteiger partial charge is 0.384 e. The Kier molecular flexibility index (Phi) is 5.19. The van der Waals surface area contributed by atoms with Gasteiger partial charge in [0.15, 0.2) is 0 Å². The average Bonchev–Trinajstić information content (AvgIpc) is 2.45. The van der Waals surface area contributed by atoms with E-state index in [1.165, 1.54) is 5.56 Å². The van der Waals surface area contributed by atoms with Gasteiger partial charge in [0, 0.05) is 19.6 Å². The van der Waals surface area contributed by atoms with Gasteiger partial charge in [0.05, 0.1) is 17.5 Å². The first-order valence-corrected chi connectivity index (χ1v) is 8.95. The summed E-state index contributed by atoms with van der Waals surface area (Å²) in [6, 6.07) is 5.74. The van der Waals surface area contributed by atoms with E-state index in [4.69, 9.17) is 0 Å². The van der Waals surface area contributed by atoms with Gasteiger partial charge < -0.3 is 10.6 Å². The van der Waals surface area contributed by atoms with Crippen molar-refractivity contribution in [3.63, 3.8) is 0 Å². The molecule has 1 aliphatic rings. The van der Waals surface area contributed by atoms with E-state index in [1.807, 2.05) is 12.1 Å². The van der Waals surface area contributed by atoms with E-state index in [9.17, 15) is 13.2 Å². The lowest BCUT2D eigenvalue weighted by molar-refractivity contribution is 0.0954. The van der Waals surface area contributed by atoms with E-state index in [1.54, 1.807) is 6.07 Å². The molecule has 2 rings (SSSR count). The summed E-state index contributed by atoms with van der Waals surface area (Å²) >= 11 is 0. The standard InChI is InChI=1S/C14H21N3O3S/c1-21(19,20)17-10-4-9-16-14(18)12-7-2-5-11-6-3-8-15-13(11)12/h2,5,7,15,17H,3-4,6,8-10H2,1H3,(H,16,18). The van der Waals surface area contributed by atoms with Crippen LogP contribution in [-0.4, -0.2) is 40.2 Å². The van der Waals surface area contributed by atoms with Gasteiger partial charge in [-0.25, -0.2) is 13.1 Å². The van der Waals surface area contributed by atoms with Crippen molar-refractivity contribution >= 4 is 21.6 Å². The highest BCUT2D eigenvalue weighted by Crippen LogP contribution is 2.25. The van der Waals surface area contributed by atoms with Crippen LogP contribution in [0.3, 0.4) is 0 Å². The number of benzene rings is 1. The zero-order valence-corrected chi connectivity index (χ0v) is 12.9. The number of carbonyl (C=O) groups excluding carboxylic acids is 1. The van der Waals surface area contributed by atoms with Crippen LogP contribution in [0.4, 0.5) is 5.69 Å². The molecule has 0 unspecified atom stereocenters. The Hall–Kier alpha value is -1.60. The Morgan fingerprint density at radius 1 is 1.33 bits per heavy atom. The number of rotatable bonds is 6. The van der Waals surface area contributed by atoms with E-state index >= 15 is 0 Å². The molecule has 0 saturated carbocycles. The van der Waals surface area contributed by atoms with Crippen LogP contribution in [0.25, 0.3) is 0 Å². The first-order chi connectivity index (χ1) is 9.97. The zero-order valence-electron chi connectivity index (χ0n) is 12.1. The van der Waals surface area contributed by atoms with E-state index in [0.717, 1.165) is 31.3 Å². The van der Waals surface area contributed by atoms with Crippen molar-refractivity contribution in [2.45, 2.75) is 19.3 Å². The molecule has 3 N–H and O–H groups in total. The van der Waals surface area contributed by atoms with Crippen LogP contribution in [0.2, 0.25) is 0 Å². The number of fused-ring (bicyclic) bond motifs is 1. The van der Waals surface area contributed by atoms with Gasteiger partial charge in [-0.3, -0.25) is 4.79 Å². The first kappa shape index (κ1) is 15.8. The molecule has 0 atom stereocenters. The molecule has 1 aliphatic heterocycles. The molecule has 1 aromatic rings. The Morgan fingerprint density at radius 3 is 2.90 bits per heavy atom. The van der Waals surface area contributed by atoms with Gasteiger partial charge in [-0.1, -0.05) is 12.1 Å². The molecule has 0 bridgehead atoms. The Morgan fingerprint density at radius 2 is 2.14 bits per heavy atom. The maximum atomic E-state index is 12.2. The summed E-state index contributed by atoms with van der Waals surface area (Å²) in [5.41, 5.74) is 2.76. The minimum absolute atomic E-state index is 0.124. The lowest BCUT2D eigenvalue weighted by Crippen LogP contribution is -2.30. The monoisotopic (exact) mass is 311 g/mol. The highest BCUT2D eigenvalue weighted by molar-refractivity contribution is 7.88. The van der Waals surface area contributed by atoms with Gasteiger partial charge in [0.1, 0.15) is 0 Å². The van der Waals surface area contributed by atoms with Gasteiger partial charge in [-0.2, -0.15) is 0 Å². The summed E-state index contributed by atoms with van der Waals surface area (Å²) in [5, 5.41) is 6.10. The fourth-order valence-electron chi connectivity index (χ4n) is 2.34. The van der Waals surface area contributed by atoms with E-state index < -0.39 is 10.0 Å². The van der Waals surface area contributed by atoms with Crippen LogP contribution < -0.4 is 15.4 Å². The molecular formula is C14H21N3O3S. The molecule has 7 heteroatoms. The number of carbonyl (C=O) groups is 1. The minimum atomic E-state index is -3.16. The number of nitrogens with one attached hydrogen (secondary N) is 3. The van der Waals surface area contributed by atoms with Crippen molar-refractivity contribution in [2.75, 3.05) is 31.2 Å². The van der Waals surface area contributed by atoms with Crippen molar-refractivity contribution in [1.82, 2.24) is 10.0 Å². The van der Waals surface area contributed by atoms with E-state index in [-0.39, 0.29) is 5.91 Å². The fraction of sp³-hybridized carbons (Fsp3) is 0.500. The molecule has 1 amide bonds. The van der Waals surface area contributed by atoms with Crippen molar-refractivity contribution < 1.29 is 13.2 Å². The second kappa shape index (κ2) is 6.91. The van der Waals surface area contributed by atoms with Gasteiger partial charge >= 0.3 is 0 Å². The summed E-state index contributed by atoms with van der Waals surface area (Å²) in [6.07, 6.45) is 3.74. The lowest BCUT2D eigenvalue weighted by atomic mass is 9.99. The average molecular weight is 311 g/mol. The highest BCUT2D eigenvalue weighted by atomic mass is 32.2.